The zero-order valence-electron chi connectivity index (χ0n) is 7.22. The normalized spacial score (nSPS) is 22.2. The van der Waals surface area contributed by atoms with E-state index >= 15 is 0 Å². The molecule has 0 radical (unpaired) electrons. The van der Waals surface area contributed by atoms with Crippen molar-refractivity contribution < 1.29 is 0 Å². The molecule has 13 heavy (non-hydrogen) atoms. The predicted molar refractivity (Wildman–Crippen MR) is 43.7 cm³/mol. The van der Waals surface area contributed by atoms with Gasteiger partial charge in [-0.3, -0.25) is 0 Å². The Labute approximate surface area is 75.6 Å². The van der Waals surface area contributed by atoms with E-state index in [0.29, 0.717) is 13.3 Å². The topological polar surface area (TPSA) is 80.0 Å². The van der Waals surface area contributed by atoms with E-state index in [0.717, 1.165) is 19.5 Å². The fraction of sp³-hybridized carbons (Fsp3) is 1.00. The van der Waals surface area contributed by atoms with E-state index in [1.807, 2.05) is 10.0 Å². The second-order valence-corrected chi connectivity index (χ2v) is 2.85. The van der Waals surface area contributed by atoms with Gasteiger partial charge in [0.1, 0.15) is 13.3 Å². The van der Waals surface area contributed by atoms with Crippen LogP contribution in [0.5, 0.6) is 0 Å². The highest BCUT2D eigenvalue weighted by atomic mass is 15.8. The Morgan fingerprint density at radius 1 is 0.923 bits per heavy atom. The number of nitrogens with zero attached hydrogens (tertiary/aromatic N) is 6. The van der Waals surface area contributed by atoms with Gasteiger partial charge in [-0.15, -0.1) is 0 Å². The standard InChI is InChI=1S/C5H12N8/c1(2-12-4-6-8-10-12)3-13-5-7-9-11-13/h1-5H2,(H,6,10)(H,7,11). The monoisotopic (exact) mass is 184 g/mol. The molecule has 0 bridgehead atoms. The smallest absolute Gasteiger partial charge is 0.133 e. The summed E-state index contributed by atoms with van der Waals surface area (Å²) in [6.45, 7) is 3.13. The molecule has 0 saturated heterocycles. The van der Waals surface area contributed by atoms with E-state index in [2.05, 4.69) is 31.7 Å². The van der Waals surface area contributed by atoms with Gasteiger partial charge in [-0.1, -0.05) is 10.4 Å². The summed E-state index contributed by atoms with van der Waals surface area (Å²) in [7, 11) is 0. The quantitative estimate of drug-likeness (QED) is 0.626. The fourth-order valence-corrected chi connectivity index (χ4v) is 1.16. The van der Waals surface area contributed by atoms with Crippen LogP contribution in [0.2, 0.25) is 0 Å². The summed E-state index contributed by atoms with van der Waals surface area (Å²) in [6.07, 6.45) is 1.02. The van der Waals surface area contributed by atoms with Crippen molar-refractivity contribution >= 4 is 0 Å². The van der Waals surface area contributed by atoms with Crippen molar-refractivity contribution in [3.8, 4) is 0 Å². The van der Waals surface area contributed by atoms with Crippen molar-refractivity contribution in [3.05, 3.63) is 0 Å². The highest BCUT2D eigenvalue weighted by Gasteiger charge is 2.10. The molecule has 0 aromatic heterocycles. The van der Waals surface area contributed by atoms with Crippen molar-refractivity contribution in [1.82, 2.24) is 21.1 Å². The predicted octanol–water partition coefficient (Wildman–Crippen LogP) is -0.334. The molecule has 2 rings (SSSR count). The molecule has 0 spiro atoms. The summed E-state index contributed by atoms with van der Waals surface area (Å²) in [5, 5.41) is 18.8. The Bertz CT molecular complexity index is 175. The van der Waals surface area contributed by atoms with Crippen LogP contribution in [0.1, 0.15) is 6.42 Å². The van der Waals surface area contributed by atoms with Crippen molar-refractivity contribution in [2.75, 3.05) is 26.4 Å². The highest BCUT2D eigenvalue weighted by molar-refractivity contribution is 4.56. The van der Waals surface area contributed by atoms with E-state index in [9.17, 15) is 0 Å². The Morgan fingerprint density at radius 3 is 1.85 bits per heavy atom. The first-order chi connectivity index (χ1) is 6.45. The van der Waals surface area contributed by atoms with Crippen LogP contribution in [0.3, 0.4) is 0 Å². The first kappa shape index (κ1) is 8.32. The molecule has 2 aliphatic heterocycles. The maximum atomic E-state index is 3.79. The van der Waals surface area contributed by atoms with Crippen molar-refractivity contribution in [3.63, 3.8) is 0 Å². The number of hydrazine groups is 2. The Balaban J connectivity index is 1.53. The van der Waals surface area contributed by atoms with E-state index in [-0.39, 0.29) is 0 Å². The zero-order chi connectivity index (χ0) is 8.93. The van der Waals surface area contributed by atoms with Crippen molar-refractivity contribution in [1.29, 1.82) is 0 Å². The summed E-state index contributed by atoms with van der Waals surface area (Å²) >= 11 is 0. The summed E-state index contributed by atoms with van der Waals surface area (Å²) in [4.78, 5) is 0. The minimum atomic E-state index is 0.641. The number of rotatable bonds is 4. The summed E-state index contributed by atoms with van der Waals surface area (Å²) in [5.74, 6) is 0. The van der Waals surface area contributed by atoms with Gasteiger partial charge in [-0.05, 0) is 6.42 Å². The molecule has 0 saturated carbocycles. The average Bonchev–Trinajstić information content (AvgIpc) is 2.75. The van der Waals surface area contributed by atoms with Gasteiger partial charge < -0.3 is 0 Å². The Morgan fingerprint density at radius 2 is 1.46 bits per heavy atom. The Hall–Kier alpha value is -1.28. The van der Waals surface area contributed by atoms with E-state index in [1.54, 1.807) is 0 Å². The number of hydrogen-bond donors (Lipinski definition) is 2. The maximum absolute atomic E-state index is 3.79. The lowest BCUT2D eigenvalue weighted by Gasteiger charge is -2.15. The van der Waals surface area contributed by atoms with Gasteiger partial charge >= 0.3 is 0 Å². The van der Waals surface area contributed by atoms with Gasteiger partial charge in [0.2, 0.25) is 0 Å². The average molecular weight is 184 g/mol. The third-order valence-corrected chi connectivity index (χ3v) is 1.84. The van der Waals surface area contributed by atoms with Crippen LogP contribution in [0.4, 0.5) is 0 Å². The van der Waals surface area contributed by atoms with E-state index < -0.39 is 0 Å². The summed E-state index contributed by atoms with van der Waals surface area (Å²) in [5.41, 5.74) is 5.58. The minimum absolute atomic E-state index is 0.641. The fourth-order valence-electron chi connectivity index (χ4n) is 1.16. The molecular formula is C5H12N8. The van der Waals surface area contributed by atoms with Crippen molar-refractivity contribution in [2.45, 2.75) is 6.42 Å². The lowest BCUT2D eigenvalue weighted by atomic mass is 10.4. The van der Waals surface area contributed by atoms with E-state index in [1.165, 1.54) is 0 Å². The van der Waals surface area contributed by atoms with Gasteiger partial charge in [0.15, 0.2) is 0 Å². The molecule has 8 heteroatoms. The third-order valence-electron chi connectivity index (χ3n) is 1.84. The van der Waals surface area contributed by atoms with Gasteiger partial charge in [0.25, 0.3) is 0 Å². The molecular weight excluding hydrogens is 172 g/mol. The number of hydrogen-bond acceptors (Lipinski definition) is 8. The van der Waals surface area contributed by atoms with Crippen LogP contribution in [-0.4, -0.2) is 36.4 Å². The largest absolute Gasteiger partial charge is 0.220 e. The van der Waals surface area contributed by atoms with E-state index in [4.69, 9.17) is 0 Å². The first-order valence-electron chi connectivity index (χ1n) is 4.19. The van der Waals surface area contributed by atoms with Gasteiger partial charge in [0, 0.05) is 13.1 Å². The van der Waals surface area contributed by atoms with Crippen LogP contribution < -0.4 is 11.1 Å². The van der Waals surface area contributed by atoms with Crippen LogP contribution in [-0.2, 0) is 0 Å². The Kier molecular flexibility index (Phi) is 2.62. The molecule has 72 valence electrons. The van der Waals surface area contributed by atoms with Crippen LogP contribution >= 0.6 is 0 Å². The minimum Gasteiger partial charge on any atom is -0.220 e. The van der Waals surface area contributed by atoms with Crippen LogP contribution in [0, 0.1) is 0 Å². The molecule has 2 N–H and O–H groups in total. The molecule has 0 aromatic carbocycles. The molecule has 0 amide bonds. The summed E-state index contributed by atoms with van der Waals surface area (Å²) in [6, 6.07) is 0. The van der Waals surface area contributed by atoms with Crippen LogP contribution in [0.15, 0.2) is 20.7 Å². The number of nitrogens with one attached hydrogen (secondary N) is 2. The van der Waals surface area contributed by atoms with Crippen LogP contribution in [0.25, 0.3) is 0 Å². The molecule has 0 aromatic rings. The summed E-state index contributed by atoms with van der Waals surface area (Å²) < 4.78 is 0. The lowest BCUT2D eigenvalue weighted by molar-refractivity contribution is 0.190. The molecule has 0 fully saturated rings. The van der Waals surface area contributed by atoms with Gasteiger partial charge in [0.05, 0.1) is 0 Å². The molecule has 8 nitrogen and oxygen atoms in total. The third kappa shape index (κ3) is 2.33. The molecule has 0 aliphatic carbocycles. The maximum Gasteiger partial charge on any atom is 0.133 e. The van der Waals surface area contributed by atoms with Gasteiger partial charge in [-0.2, -0.15) is 20.2 Å². The van der Waals surface area contributed by atoms with Crippen molar-refractivity contribution in [2.24, 2.45) is 20.7 Å². The second-order valence-electron chi connectivity index (χ2n) is 2.85. The zero-order valence-corrected chi connectivity index (χ0v) is 7.22. The first-order valence-corrected chi connectivity index (χ1v) is 4.19. The molecule has 0 unspecified atom stereocenters. The van der Waals surface area contributed by atoms with Gasteiger partial charge in [-0.25, -0.2) is 11.1 Å². The molecule has 2 aliphatic rings. The second kappa shape index (κ2) is 4.10. The SMILES string of the molecule is C(CN1CN=NN1)CN1CN=NN1. The molecule has 2 heterocycles. The molecule has 0 atom stereocenters. The lowest BCUT2D eigenvalue weighted by Crippen LogP contribution is -2.35. The highest BCUT2D eigenvalue weighted by Crippen LogP contribution is 1.98.